The smallest absolute Gasteiger partial charge is 0.320 e. The van der Waals surface area contributed by atoms with E-state index in [-0.39, 0.29) is 0 Å². The molecule has 3 N–H and O–H groups in total. The summed E-state index contributed by atoms with van der Waals surface area (Å²) in [6.07, 6.45) is 2.48. The lowest BCUT2D eigenvalue weighted by molar-refractivity contribution is -0.138. The van der Waals surface area contributed by atoms with E-state index >= 15 is 0 Å². The van der Waals surface area contributed by atoms with E-state index in [0.29, 0.717) is 6.42 Å². The van der Waals surface area contributed by atoms with E-state index < -0.39 is 12.0 Å². The number of rotatable bonds is 4. The zero-order valence-electron chi connectivity index (χ0n) is 5.33. The predicted molar refractivity (Wildman–Crippen MR) is 38.6 cm³/mol. The topological polar surface area (TPSA) is 63.3 Å². The van der Waals surface area contributed by atoms with Crippen LogP contribution in [-0.4, -0.2) is 29.1 Å². The average molecular weight is 150 g/mol. The van der Waals surface area contributed by atoms with E-state index in [1.54, 1.807) is 11.8 Å². The van der Waals surface area contributed by atoms with Crippen LogP contribution >= 0.6 is 11.8 Å². The molecule has 0 aliphatic rings. The summed E-state index contributed by atoms with van der Waals surface area (Å²) in [5, 5.41) is 8.27. The molecule has 54 valence electrons. The van der Waals surface area contributed by atoms with Gasteiger partial charge in [0.2, 0.25) is 0 Å². The summed E-state index contributed by atoms with van der Waals surface area (Å²) in [6.45, 7) is 0. The van der Waals surface area contributed by atoms with Gasteiger partial charge in [-0.3, -0.25) is 4.79 Å². The van der Waals surface area contributed by atoms with E-state index in [1.165, 1.54) is 0 Å². The minimum absolute atomic E-state index is 0.552. The maximum Gasteiger partial charge on any atom is 0.320 e. The first-order valence-corrected chi connectivity index (χ1v) is 4.05. The molecule has 0 aromatic heterocycles. The maximum atomic E-state index is 10.1. The summed E-state index contributed by atoms with van der Waals surface area (Å²) in [5.74, 6) is -0.1000. The Balaban J connectivity index is 3.27. The number of thioether (sulfide) groups is 1. The first-order chi connectivity index (χ1) is 4.18. The number of carboxylic acids is 1. The van der Waals surface area contributed by atoms with Crippen molar-refractivity contribution in [3.63, 3.8) is 0 Å². The molecule has 0 radical (unpaired) electrons. The third-order valence-electron chi connectivity index (χ3n) is 0.950. The molecule has 1 unspecified atom stereocenters. The highest BCUT2D eigenvalue weighted by molar-refractivity contribution is 7.98. The van der Waals surface area contributed by atoms with Crippen LogP contribution in [0, 0.1) is 0 Å². The molecule has 0 aliphatic heterocycles. The molecule has 1 atom stereocenters. The van der Waals surface area contributed by atoms with Gasteiger partial charge in [0.1, 0.15) is 6.04 Å². The standard InChI is InChI=1S/C5H11NO2S/c1-9-3-2-4(6)5(7)8/h4H,2-3,6H2,1H3,(H,7,8)/i4+1. The van der Waals surface area contributed by atoms with Crippen molar-refractivity contribution >= 4 is 17.7 Å². The Hall–Kier alpha value is -0.220. The molecule has 0 saturated heterocycles. The van der Waals surface area contributed by atoms with Crippen molar-refractivity contribution in [1.29, 1.82) is 0 Å². The molecular formula is C5H11NO2S. The highest BCUT2D eigenvalue weighted by atomic mass is 32.2. The first kappa shape index (κ1) is 8.78. The van der Waals surface area contributed by atoms with Gasteiger partial charge in [-0.25, -0.2) is 0 Å². The van der Waals surface area contributed by atoms with E-state index in [9.17, 15) is 4.79 Å². The monoisotopic (exact) mass is 150 g/mol. The van der Waals surface area contributed by atoms with Crippen LogP contribution in [0.15, 0.2) is 0 Å². The minimum Gasteiger partial charge on any atom is -0.480 e. The van der Waals surface area contributed by atoms with Crippen LogP contribution in [0.1, 0.15) is 6.42 Å². The van der Waals surface area contributed by atoms with E-state index in [2.05, 4.69) is 0 Å². The molecule has 0 rings (SSSR count). The minimum atomic E-state index is -0.913. The van der Waals surface area contributed by atoms with Gasteiger partial charge in [0.15, 0.2) is 0 Å². The van der Waals surface area contributed by atoms with Crippen molar-refractivity contribution in [1.82, 2.24) is 0 Å². The maximum absolute atomic E-state index is 10.1. The molecule has 0 aliphatic carbocycles. The second-order valence-corrected chi connectivity index (χ2v) is 2.71. The van der Waals surface area contributed by atoms with Crippen molar-refractivity contribution in [2.45, 2.75) is 12.5 Å². The van der Waals surface area contributed by atoms with Crippen molar-refractivity contribution in [3.8, 4) is 0 Å². The summed E-state index contributed by atoms with van der Waals surface area (Å²) >= 11 is 1.60. The summed E-state index contributed by atoms with van der Waals surface area (Å²) in [5.41, 5.74) is 5.19. The molecule has 3 nitrogen and oxygen atoms in total. The molecule has 4 heteroatoms. The third kappa shape index (κ3) is 4.29. The number of carboxylic acid groups (broad SMARTS) is 1. The predicted octanol–water partition coefficient (Wildman–Crippen LogP) is 0.151. The Morgan fingerprint density at radius 1 is 1.89 bits per heavy atom. The Bertz CT molecular complexity index is 97.0. The van der Waals surface area contributed by atoms with Crippen molar-refractivity contribution in [2.75, 3.05) is 12.0 Å². The van der Waals surface area contributed by atoms with Crippen molar-refractivity contribution in [2.24, 2.45) is 5.73 Å². The van der Waals surface area contributed by atoms with Gasteiger partial charge in [-0.1, -0.05) is 0 Å². The zero-order chi connectivity index (χ0) is 7.28. The number of aliphatic carboxylic acids is 1. The zero-order valence-corrected chi connectivity index (χ0v) is 6.15. The molecule has 0 bridgehead atoms. The second-order valence-electron chi connectivity index (χ2n) is 1.73. The lowest BCUT2D eigenvalue weighted by atomic mass is 10.5. The lowest BCUT2D eigenvalue weighted by Gasteiger charge is -2.02. The van der Waals surface area contributed by atoms with Crippen LogP contribution in [-0.2, 0) is 4.79 Å². The van der Waals surface area contributed by atoms with Crippen LogP contribution in [0.25, 0.3) is 0 Å². The van der Waals surface area contributed by atoms with Gasteiger partial charge in [-0.15, -0.1) is 0 Å². The molecule has 0 amide bonds. The third-order valence-corrected chi connectivity index (χ3v) is 1.59. The van der Waals surface area contributed by atoms with Crippen LogP contribution in [0.5, 0.6) is 0 Å². The van der Waals surface area contributed by atoms with Crippen LogP contribution in [0.3, 0.4) is 0 Å². The molecule has 0 saturated carbocycles. The number of hydrogen-bond acceptors (Lipinski definition) is 3. The van der Waals surface area contributed by atoms with Gasteiger partial charge in [-0.05, 0) is 18.4 Å². The van der Waals surface area contributed by atoms with Crippen LogP contribution in [0.4, 0.5) is 0 Å². The van der Waals surface area contributed by atoms with Gasteiger partial charge >= 0.3 is 5.97 Å². The lowest BCUT2D eigenvalue weighted by Crippen LogP contribution is -2.30. The first-order valence-electron chi connectivity index (χ1n) is 2.65. The van der Waals surface area contributed by atoms with Gasteiger partial charge in [0, 0.05) is 0 Å². The SMILES string of the molecule is CSCC[13CH](N)C(=O)O. The Labute approximate surface area is 58.6 Å². The van der Waals surface area contributed by atoms with Crippen LogP contribution < -0.4 is 5.73 Å². The molecule has 0 aromatic rings. The van der Waals surface area contributed by atoms with Gasteiger partial charge in [0.05, 0.1) is 0 Å². The van der Waals surface area contributed by atoms with E-state index in [4.69, 9.17) is 10.8 Å². The summed E-state index contributed by atoms with van der Waals surface area (Å²) < 4.78 is 0. The van der Waals surface area contributed by atoms with Crippen LogP contribution in [0.2, 0.25) is 0 Å². The summed E-state index contributed by atoms with van der Waals surface area (Å²) in [7, 11) is 0. The molecule has 9 heavy (non-hydrogen) atoms. The number of carbonyl (C=O) groups is 1. The van der Waals surface area contributed by atoms with Crippen molar-refractivity contribution in [3.05, 3.63) is 0 Å². The molecule has 0 aromatic carbocycles. The summed E-state index contributed by atoms with van der Waals surface area (Å²) in [6, 6.07) is -0.683. The highest BCUT2D eigenvalue weighted by Gasteiger charge is 2.08. The molecule has 0 spiro atoms. The fourth-order valence-corrected chi connectivity index (χ4v) is 0.858. The Kier molecular flexibility index (Phi) is 4.53. The highest BCUT2D eigenvalue weighted by Crippen LogP contribution is 1.97. The van der Waals surface area contributed by atoms with Gasteiger partial charge in [0.25, 0.3) is 0 Å². The molecule has 0 fully saturated rings. The van der Waals surface area contributed by atoms with Crippen molar-refractivity contribution < 1.29 is 9.90 Å². The molecule has 0 heterocycles. The number of nitrogens with two attached hydrogens (primary N) is 1. The quantitative estimate of drug-likeness (QED) is 0.560. The second kappa shape index (κ2) is 4.64. The fraction of sp³-hybridized carbons (Fsp3) is 0.800. The van der Waals surface area contributed by atoms with Gasteiger partial charge in [-0.2, -0.15) is 11.8 Å². The Morgan fingerprint density at radius 3 is 2.78 bits per heavy atom. The van der Waals surface area contributed by atoms with E-state index in [0.717, 1.165) is 5.75 Å². The normalized spacial score (nSPS) is 13.1. The largest absolute Gasteiger partial charge is 0.480 e. The molecular weight excluding hydrogens is 139 g/mol. The fourth-order valence-electron chi connectivity index (χ4n) is 0.368. The van der Waals surface area contributed by atoms with E-state index in [1.807, 2.05) is 6.26 Å². The Morgan fingerprint density at radius 2 is 2.44 bits per heavy atom. The number of hydrogen-bond donors (Lipinski definition) is 2. The average Bonchev–Trinajstić information content (AvgIpc) is 1.82. The summed E-state index contributed by atoms with van der Waals surface area (Å²) in [4.78, 5) is 10.1. The van der Waals surface area contributed by atoms with Gasteiger partial charge < -0.3 is 10.8 Å².